The Hall–Kier alpha value is -4.04. The van der Waals surface area contributed by atoms with E-state index >= 15 is 0 Å². The maximum absolute atomic E-state index is 13.0. The molecule has 0 amide bonds. The second-order valence-corrected chi connectivity index (χ2v) is 9.51. The second-order valence-electron chi connectivity index (χ2n) is 8.69. The van der Waals surface area contributed by atoms with Crippen LogP contribution in [-0.2, 0) is 22.7 Å². The highest BCUT2D eigenvalue weighted by Crippen LogP contribution is 2.38. The number of hydrogen-bond acceptors (Lipinski definition) is 7. The van der Waals surface area contributed by atoms with Crippen LogP contribution >= 0.6 is 23.2 Å². The van der Waals surface area contributed by atoms with Crippen molar-refractivity contribution in [2.75, 3.05) is 14.2 Å². The lowest BCUT2D eigenvalue weighted by molar-refractivity contribution is 0.0460. The van der Waals surface area contributed by atoms with Crippen LogP contribution in [0.1, 0.15) is 49.1 Å². The number of hydrogen-bond donors (Lipinski definition) is 1. The van der Waals surface area contributed by atoms with Crippen LogP contribution in [0.4, 0.5) is 0 Å². The minimum atomic E-state index is -1.33. The monoisotopic (exact) mass is 580 g/mol. The molecule has 0 aliphatic carbocycles. The Labute approximate surface area is 241 Å². The second kappa shape index (κ2) is 13.3. The first kappa shape index (κ1) is 29.0. The van der Waals surface area contributed by atoms with E-state index in [0.29, 0.717) is 0 Å². The van der Waals surface area contributed by atoms with Crippen LogP contribution in [0.15, 0.2) is 84.9 Å². The average Bonchev–Trinajstić information content (AvgIpc) is 2.98. The molecule has 1 N–H and O–H groups in total. The van der Waals surface area contributed by atoms with Crippen LogP contribution in [-0.4, -0.2) is 31.3 Å². The summed E-state index contributed by atoms with van der Waals surface area (Å²) in [5.41, 5.74) is 2.17. The van der Waals surface area contributed by atoms with Gasteiger partial charge < -0.3 is 24.1 Å². The molecular weight excluding hydrogens is 555 g/mol. The van der Waals surface area contributed by atoms with Crippen LogP contribution in [0.5, 0.6) is 11.5 Å². The molecule has 0 aromatic heterocycles. The Bertz CT molecular complexity index is 1380. The zero-order valence-corrected chi connectivity index (χ0v) is 23.2. The predicted octanol–water partition coefficient (Wildman–Crippen LogP) is 6.81. The van der Waals surface area contributed by atoms with Crippen molar-refractivity contribution in [2.45, 2.75) is 19.3 Å². The quantitative estimate of drug-likeness (QED) is 0.206. The van der Waals surface area contributed by atoms with Crippen molar-refractivity contribution < 1.29 is 33.6 Å². The van der Waals surface area contributed by atoms with Gasteiger partial charge in [0.2, 0.25) is 0 Å². The zero-order valence-electron chi connectivity index (χ0n) is 21.7. The van der Waals surface area contributed by atoms with Gasteiger partial charge in [0.25, 0.3) is 0 Å². The normalized spacial score (nSPS) is 10.8. The third-order valence-corrected chi connectivity index (χ3v) is 6.60. The third-order valence-electron chi connectivity index (χ3n) is 6.04. The van der Waals surface area contributed by atoms with Crippen LogP contribution < -0.4 is 9.47 Å². The fraction of sp³-hybridized carbons (Fsp3) is 0.161. The number of aliphatic hydroxyl groups is 1. The lowest BCUT2D eigenvalue weighted by Gasteiger charge is -2.18. The van der Waals surface area contributed by atoms with Crippen molar-refractivity contribution in [2.24, 2.45) is 0 Å². The number of carbonyl (C=O) groups is 2. The maximum atomic E-state index is 13.0. The molecule has 0 bridgehead atoms. The van der Waals surface area contributed by atoms with Gasteiger partial charge in [-0.3, -0.25) is 0 Å². The fourth-order valence-corrected chi connectivity index (χ4v) is 4.67. The molecule has 9 heteroatoms. The molecule has 0 unspecified atom stereocenters. The van der Waals surface area contributed by atoms with Crippen molar-refractivity contribution in [3.05, 3.63) is 128 Å². The van der Waals surface area contributed by atoms with Gasteiger partial charge in [0.1, 0.15) is 30.4 Å². The van der Waals surface area contributed by atoms with E-state index in [0.717, 1.165) is 11.1 Å². The molecule has 40 heavy (non-hydrogen) atoms. The van der Waals surface area contributed by atoms with Gasteiger partial charge in [0.05, 0.1) is 24.3 Å². The van der Waals surface area contributed by atoms with Crippen LogP contribution in [0.2, 0.25) is 10.0 Å². The predicted molar refractivity (Wildman–Crippen MR) is 151 cm³/mol. The highest BCUT2D eigenvalue weighted by molar-refractivity contribution is 6.33. The summed E-state index contributed by atoms with van der Waals surface area (Å²) < 4.78 is 21.6. The molecule has 0 spiro atoms. The largest absolute Gasteiger partial charge is 0.494 e. The minimum absolute atomic E-state index is 0.0297. The molecule has 4 aromatic carbocycles. The molecule has 7 nitrogen and oxygen atoms in total. The van der Waals surface area contributed by atoms with Crippen molar-refractivity contribution >= 4 is 35.1 Å². The molecule has 0 heterocycles. The molecule has 4 rings (SSSR count). The number of methoxy groups -OCH3 is 2. The lowest BCUT2D eigenvalue weighted by atomic mass is 9.97. The molecular formula is C31H26Cl2O7. The summed E-state index contributed by atoms with van der Waals surface area (Å²) in [6.45, 7) is 0.0749. The summed E-state index contributed by atoms with van der Waals surface area (Å²) >= 11 is 12.8. The van der Waals surface area contributed by atoms with Gasteiger partial charge >= 0.3 is 11.9 Å². The number of benzene rings is 4. The lowest BCUT2D eigenvalue weighted by Crippen LogP contribution is -2.11. The summed E-state index contributed by atoms with van der Waals surface area (Å²) in [5.74, 6) is -1.16. The molecule has 0 aliphatic rings. The van der Waals surface area contributed by atoms with Crippen molar-refractivity contribution in [3.8, 4) is 11.5 Å². The van der Waals surface area contributed by atoms with Gasteiger partial charge in [-0.15, -0.1) is 0 Å². The first-order valence-electron chi connectivity index (χ1n) is 12.2. The summed E-state index contributed by atoms with van der Waals surface area (Å²) in [5, 5.41) is 11.5. The molecule has 0 saturated heterocycles. The van der Waals surface area contributed by atoms with E-state index in [1.165, 1.54) is 38.5 Å². The Morgan fingerprint density at radius 3 is 1.40 bits per heavy atom. The maximum Gasteiger partial charge on any atom is 0.342 e. The highest BCUT2D eigenvalue weighted by atomic mass is 35.5. The zero-order chi connectivity index (χ0) is 28.6. The topological polar surface area (TPSA) is 91.3 Å². The first-order chi connectivity index (χ1) is 19.3. The third kappa shape index (κ3) is 6.74. The van der Waals surface area contributed by atoms with Gasteiger partial charge in [-0.1, -0.05) is 83.9 Å². The number of rotatable bonds is 10. The van der Waals surface area contributed by atoms with Gasteiger partial charge in [0, 0.05) is 0 Å². The number of carbonyl (C=O) groups excluding carboxylic acids is 2. The summed E-state index contributed by atoms with van der Waals surface area (Å²) in [7, 11) is 2.75. The molecule has 206 valence electrons. The van der Waals surface area contributed by atoms with Crippen LogP contribution in [0, 0.1) is 0 Å². The molecule has 0 fully saturated rings. The standard InChI is InChI=1S/C31H26Cl2O7/c1-37-28-23(30(35)39-17-19-9-5-3-6-10-19)13-21(15-25(28)32)27(34)22-14-24(29(38-2)26(33)16-22)31(36)40-18-20-11-7-4-8-12-20/h3-16,27,34H,17-18H2,1-2H3. The summed E-state index contributed by atoms with van der Waals surface area (Å²) in [6, 6.07) is 24.1. The number of aliphatic hydroxyl groups excluding tert-OH is 1. The van der Waals surface area contributed by atoms with E-state index in [9.17, 15) is 14.7 Å². The average molecular weight is 581 g/mol. The first-order valence-corrected chi connectivity index (χ1v) is 12.9. The van der Waals surface area contributed by atoms with Crippen LogP contribution in [0.25, 0.3) is 0 Å². The molecule has 0 saturated carbocycles. The van der Waals surface area contributed by atoms with Crippen LogP contribution in [0.3, 0.4) is 0 Å². The van der Waals surface area contributed by atoms with Crippen molar-refractivity contribution in [1.29, 1.82) is 0 Å². The number of ether oxygens (including phenoxy) is 4. The summed E-state index contributed by atoms with van der Waals surface area (Å²) in [4.78, 5) is 26.0. The van der Waals surface area contributed by atoms with E-state index in [2.05, 4.69) is 0 Å². The Balaban J connectivity index is 1.63. The highest BCUT2D eigenvalue weighted by Gasteiger charge is 2.25. The minimum Gasteiger partial charge on any atom is -0.494 e. The van der Waals surface area contributed by atoms with Gasteiger partial charge in [-0.25, -0.2) is 9.59 Å². The van der Waals surface area contributed by atoms with Crippen molar-refractivity contribution in [3.63, 3.8) is 0 Å². The summed E-state index contributed by atoms with van der Waals surface area (Å²) in [6.07, 6.45) is -1.33. The molecule has 0 atom stereocenters. The Morgan fingerprint density at radius 2 is 1.05 bits per heavy atom. The van der Waals surface area contributed by atoms with Gasteiger partial charge in [-0.2, -0.15) is 0 Å². The molecule has 0 aliphatic heterocycles. The van der Waals surface area contributed by atoms with E-state index in [1.807, 2.05) is 60.7 Å². The molecule has 4 aromatic rings. The Kier molecular flexibility index (Phi) is 9.66. The SMILES string of the molecule is COc1c(Cl)cc(C(O)c2cc(Cl)c(OC)c(C(=O)OCc3ccccc3)c2)cc1C(=O)OCc1ccccc1. The van der Waals surface area contributed by atoms with E-state index < -0.39 is 18.0 Å². The van der Waals surface area contributed by atoms with E-state index in [4.69, 9.17) is 42.1 Å². The van der Waals surface area contributed by atoms with Gasteiger partial charge in [0.15, 0.2) is 11.5 Å². The fourth-order valence-electron chi connectivity index (χ4n) is 4.06. The Morgan fingerprint density at radius 1 is 0.675 bits per heavy atom. The molecule has 0 radical (unpaired) electrons. The smallest absolute Gasteiger partial charge is 0.342 e. The number of esters is 2. The number of halogens is 2. The van der Waals surface area contributed by atoms with E-state index in [-0.39, 0.29) is 57.0 Å². The van der Waals surface area contributed by atoms with Crippen molar-refractivity contribution in [1.82, 2.24) is 0 Å². The van der Waals surface area contributed by atoms with E-state index in [1.54, 1.807) is 0 Å². The van der Waals surface area contributed by atoms with Gasteiger partial charge in [-0.05, 0) is 46.5 Å².